The number of nitrogens with one attached hydrogen (secondary N) is 1. The number of hydrogen-bond donors (Lipinski definition) is 1. The van der Waals surface area contributed by atoms with Gasteiger partial charge < -0.3 is 15.1 Å². The number of nitrogens with zero attached hydrogens (tertiary/aromatic N) is 6. The Morgan fingerprint density at radius 3 is 2.53 bits per heavy atom. The summed E-state index contributed by atoms with van der Waals surface area (Å²) in [5.74, 6) is 1.66. The fraction of sp³-hybridized carbons (Fsp3) is 0.381. The van der Waals surface area contributed by atoms with Gasteiger partial charge in [0.15, 0.2) is 5.82 Å². The van der Waals surface area contributed by atoms with Crippen LogP contribution in [0.4, 0.5) is 11.9 Å². The van der Waals surface area contributed by atoms with Crippen LogP contribution < -0.4 is 15.1 Å². The van der Waals surface area contributed by atoms with E-state index in [1.165, 1.54) is 11.3 Å². The van der Waals surface area contributed by atoms with Gasteiger partial charge in [0.1, 0.15) is 9.88 Å². The van der Waals surface area contributed by atoms with Crippen molar-refractivity contribution in [2.45, 2.75) is 26.3 Å². The van der Waals surface area contributed by atoms with E-state index in [0.717, 1.165) is 42.2 Å². The highest BCUT2D eigenvalue weighted by Crippen LogP contribution is 2.27. The van der Waals surface area contributed by atoms with Gasteiger partial charge in [-0.05, 0) is 19.8 Å². The van der Waals surface area contributed by atoms with Crippen molar-refractivity contribution in [1.29, 1.82) is 0 Å². The normalized spacial score (nSPS) is 13.5. The Morgan fingerprint density at radius 2 is 1.83 bits per heavy atom. The molecule has 3 heterocycles. The molecule has 30 heavy (non-hydrogen) atoms. The molecular formula is C21H25N7OS. The first-order chi connectivity index (χ1) is 14.5. The molecule has 2 aromatic heterocycles. The summed E-state index contributed by atoms with van der Waals surface area (Å²) in [5.41, 5.74) is 1.73. The Kier molecular flexibility index (Phi) is 5.89. The summed E-state index contributed by atoms with van der Waals surface area (Å²) in [5, 5.41) is 3.78. The predicted molar refractivity (Wildman–Crippen MR) is 119 cm³/mol. The Hall–Kier alpha value is -3.07. The monoisotopic (exact) mass is 423 g/mol. The molecule has 8 nitrogen and oxygen atoms in total. The van der Waals surface area contributed by atoms with Crippen LogP contribution in [0, 0.1) is 6.92 Å². The molecule has 156 valence electrons. The highest BCUT2D eigenvalue weighted by Gasteiger charge is 2.20. The first kappa shape index (κ1) is 20.2. The van der Waals surface area contributed by atoms with E-state index < -0.39 is 0 Å². The molecule has 0 unspecified atom stereocenters. The Labute approximate surface area is 180 Å². The van der Waals surface area contributed by atoms with Crippen LogP contribution in [0.3, 0.4) is 0 Å². The Balaban J connectivity index is 1.50. The molecule has 1 amide bonds. The summed E-state index contributed by atoms with van der Waals surface area (Å²) in [6.45, 7) is 3.99. The number of carbonyl (C=O) groups excluding carboxylic acids is 1. The van der Waals surface area contributed by atoms with Gasteiger partial charge in [-0.1, -0.05) is 30.3 Å². The molecule has 9 heteroatoms. The number of aromatic nitrogens is 4. The maximum atomic E-state index is 12.8. The lowest BCUT2D eigenvalue weighted by Crippen LogP contribution is -2.27. The molecule has 1 aliphatic heterocycles. The van der Waals surface area contributed by atoms with Crippen LogP contribution in [0.15, 0.2) is 30.3 Å². The number of thiazole rings is 1. The van der Waals surface area contributed by atoms with Crippen molar-refractivity contribution in [2.24, 2.45) is 0 Å². The molecule has 1 saturated heterocycles. The summed E-state index contributed by atoms with van der Waals surface area (Å²) in [7, 11) is 3.80. The molecule has 1 aliphatic rings. The number of carbonyl (C=O) groups is 1. The maximum absolute atomic E-state index is 12.8. The second-order valence-corrected chi connectivity index (χ2v) is 8.42. The van der Waals surface area contributed by atoms with Gasteiger partial charge in [0.2, 0.25) is 11.9 Å². The van der Waals surface area contributed by atoms with Crippen molar-refractivity contribution in [1.82, 2.24) is 25.3 Å². The third-order valence-electron chi connectivity index (χ3n) is 4.88. The van der Waals surface area contributed by atoms with E-state index in [1.54, 1.807) is 0 Å². The van der Waals surface area contributed by atoms with Crippen molar-refractivity contribution in [2.75, 3.05) is 37.0 Å². The minimum atomic E-state index is -0.165. The summed E-state index contributed by atoms with van der Waals surface area (Å²) in [6.07, 6.45) is 2.28. The van der Waals surface area contributed by atoms with Gasteiger partial charge in [0, 0.05) is 32.7 Å². The van der Waals surface area contributed by atoms with Gasteiger partial charge in [0.05, 0.1) is 12.2 Å². The minimum Gasteiger partial charge on any atom is -0.347 e. The standard InChI is InChI=1S/C21H25N7OS/c1-14-17(30-19(23-14)15-9-5-4-6-10-15)18(29)22-13-16-24-20(27(2)3)26-21(25-16)28-11-7-8-12-28/h4-6,9-10H,7-8,11-13H2,1-3H3,(H,22,29). The lowest BCUT2D eigenvalue weighted by molar-refractivity contribution is 0.0953. The third kappa shape index (κ3) is 4.40. The second-order valence-electron chi connectivity index (χ2n) is 7.42. The molecule has 0 bridgehead atoms. The highest BCUT2D eigenvalue weighted by atomic mass is 32.1. The summed E-state index contributed by atoms with van der Waals surface area (Å²) >= 11 is 1.39. The van der Waals surface area contributed by atoms with Crippen LogP contribution in [-0.4, -0.2) is 53.0 Å². The quantitative estimate of drug-likeness (QED) is 0.652. The second kappa shape index (κ2) is 8.74. The first-order valence-corrected chi connectivity index (χ1v) is 10.8. The van der Waals surface area contributed by atoms with Gasteiger partial charge in [0.25, 0.3) is 5.91 Å². The van der Waals surface area contributed by atoms with E-state index in [4.69, 9.17) is 0 Å². The number of anilines is 2. The van der Waals surface area contributed by atoms with Crippen LogP contribution in [0.25, 0.3) is 10.6 Å². The topological polar surface area (TPSA) is 87.1 Å². The van der Waals surface area contributed by atoms with Crippen LogP contribution >= 0.6 is 11.3 Å². The van der Waals surface area contributed by atoms with E-state index in [1.807, 2.05) is 56.3 Å². The highest BCUT2D eigenvalue weighted by molar-refractivity contribution is 7.17. The van der Waals surface area contributed by atoms with Crippen LogP contribution in [-0.2, 0) is 6.54 Å². The Morgan fingerprint density at radius 1 is 1.10 bits per heavy atom. The van der Waals surface area contributed by atoms with Crippen molar-refractivity contribution >= 4 is 29.1 Å². The average molecular weight is 424 g/mol. The fourth-order valence-electron chi connectivity index (χ4n) is 3.28. The minimum absolute atomic E-state index is 0.165. The van der Waals surface area contributed by atoms with Gasteiger partial charge in [-0.15, -0.1) is 11.3 Å². The zero-order valence-electron chi connectivity index (χ0n) is 17.4. The van der Waals surface area contributed by atoms with E-state index in [0.29, 0.717) is 22.6 Å². The van der Waals surface area contributed by atoms with Crippen molar-refractivity contribution < 1.29 is 4.79 Å². The SMILES string of the molecule is Cc1nc(-c2ccccc2)sc1C(=O)NCc1nc(N(C)C)nc(N2CCCC2)n1. The summed E-state index contributed by atoms with van der Waals surface area (Å²) < 4.78 is 0. The molecule has 0 radical (unpaired) electrons. The number of amides is 1. The zero-order chi connectivity index (χ0) is 21.1. The number of hydrogen-bond acceptors (Lipinski definition) is 8. The molecule has 1 N–H and O–H groups in total. The van der Waals surface area contributed by atoms with Crippen LogP contribution in [0.2, 0.25) is 0 Å². The van der Waals surface area contributed by atoms with E-state index in [9.17, 15) is 4.79 Å². The van der Waals surface area contributed by atoms with E-state index >= 15 is 0 Å². The molecular weight excluding hydrogens is 398 g/mol. The number of benzene rings is 1. The average Bonchev–Trinajstić information content (AvgIpc) is 3.42. The third-order valence-corrected chi connectivity index (χ3v) is 6.08. The predicted octanol–water partition coefficient (Wildman–Crippen LogP) is 2.90. The fourth-order valence-corrected chi connectivity index (χ4v) is 4.27. The summed E-state index contributed by atoms with van der Waals surface area (Å²) in [6, 6.07) is 9.88. The molecule has 4 rings (SSSR count). The van der Waals surface area contributed by atoms with Gasteiger partial charge in [-0.3, -0.25) is 4.79 Å². The lowest BCUT2D eigenvalue weighted by Gasteiger charge is -2.18. The Bertz CT molecular complexity index is 1030. The van der Waals surface area contributed by atoms with E-state index in [2.05, 4.69) is 30.2 Å². The smallest absolute Gasteiger partial charge is 0.263 e. The molecule has 0 spiro atoms. The molecule has 3 aromatic rings. The van der Waals surface area contributed by atoms with Gasteiger partial charge in [-0.2, -0.15) is 15.0 Å². The van der Waals surface area contributed by atoms with Crippen LogP contribution in [0.1, 0.15) is 34.0 Å². The molecule has 1 aromatic carbocycles. The first-order valence-electron chi connectivity index (χ1n) is 9.99. The van der Waals surface area contributed by atoms with Crippen molar-refractivity contribution in [3.63, 3.8) is 0 Å². The molecule has 0 saturated carbocycles. The number of rotatable bonds is 6. The van der Waals surface area contributed by atoms with Crippen molar-refractivity contribution in [3.05, 3.63) is 46.7 Å². The molecule has 0 atom stereocenters. The largest absolute Gasteiger partial charge is 0.347 e. The molecule has 1 fully saturated rings. The number of aryl methyl sites for hydroxylation is 1. The lowest BCUT2D eigenvalue weighted by atomic mass is 10.2. The molecule has 0 aliphatic carbocycles. The van der Waals surface area contributed by atoms with E-state index in [-0.39, 0.29) is 12.5 Å². The maximum Gasteiger partial charge on any atom is 0.263 e. The zero-order valence-corrected chi connectivity index (χ0v) is 18.2. The van der Waals surface area contributed by atoms with Crippen molar-refractivity contribution in [3.8, 4) is 10.6 Å². The van der Waals surface area contributed by atoms with Gasteiger partial charge in [-0.25, -0.2) is 4.98 Å². The van der Waals surface area contributed by atoms with Gasteiger partial charge >= 0.3 is 0 Å². The summed E-state index contributed by atoms with van der Waals surface area (Å²) in [4.78, 5) is 35.6. The van der Waals surface area contributed by atoms with Crippen LogP contribution in [0.5, 0.6) is 0 Å².